The third kappa shape index (κ3) is 5.52. The summed E-state index contributed by atoms with van der Waals surface area (Å²) in [5.41, 5.74) is 2.52. The van der Waals surface area contributed by atoms with E-state index in [0.29, 0.717) is 6.54 Å². The Labute approximate surface area is 179 Å². The van der Waals surface area contributed by atoms with Crippen molar-refractivity contribution in [1.29, 1.82) is 0 Å². The number of piperazine rings is 1. The number of benzene rings is 2. The highest BCUT2D eigenvalue weighted by Gasteiger charge is 2.25. The van der Waals surface area contributed by atoms with Gasteiger partial charge in [0.25, 0.3) is 0 Å². The van der Waals surface area contributed by atoms with E-state index in [0.717, 1.165) is 58.0 Å². The molecule has 160 valence electrons. The molecule has 1 atom stereocenters. The van der Waals surface area contributed by atoms with Crippen molar-refractivity contribution in [2.45, 2.75) is 19.0 Å². The topological polar surface area (TPSA) is 48.1 Å². The molecular weight excluding hydrogens is 376 g/mol. The molecule has 0 saturated carbocycles. The van der Waals surface area contributed by atoms with Gasteiger partial charge in [-0.1, -0.05) is 36.4 Å². The van der Waals surface area contributed by atoms with E-state index in [1.165, 1.54) is 11.3 Å². The molecule has 2 fully saturated rings. The van der Waals surface area contributed by atoms with Crippen molar-refractivity contribution in [3.63, 3.8) is 0 Å². The van der Waals surface area contributed by atoms with Gasteiger partial charge in [-0.15, -0.1) is 0 Å². The van der Waals surface area contributed by atoms with E-state index < -0.39 is 0 Å². The van der Waals surface area contributed by atoms with Crippen molar-refractivity contribution in [2.24, 2.45) is 0 Å². The summed E-state index contributed by atoms with van der Waals surface area (Å²) < 4.78 is 5.33. The Balaban J connectivity index is 1.18. The fourth-order valence-electron chi connectivity index (χ4n) is 4.38. The van der Waals surface area contributed by atoms with Gasteiger partial charge in [0.1, 0.15) is 5.75 Å². The van der Waals surface area contributed by atoms with Crippen molar-refractivity contribution >= 4 is 11.6 Å². The first-order valence-corrected chi connectivity index (χ1v) is 10.9. The zero-order chi connectivity index (χ0) is 20.8. The maximum atomic E-state index is 12.6. The van der Waals surface area contributed by atoms with E-state index in [9.17, 15) is 4.79 Å². The Morgan fingerprint density at radius 2 is 1.80 bits per heavy atom. The van der Waals surface area contributed by atoms with Gasteiger partial charge in [-0.2, -0.15) is 0 Å². The molecule has 0 radical (unpaired) electrons. The molecule has 2 aromatic carbocycles. The van der Waals surface area contributed by atoms with E-state index in [-0.39, 0.29) is 11.9 Å². The number of likely N-dealkylation sites (tertiary alicyclic amines) is 1. The average molecular weight is 409 g/mol. The lowest BCUT2D eigenvalue weighted by atomic mass is 10.2. The number of hydrogen-bond acceptors (Lipinski definition) is 5. The van der Waals surface area contributed by atoms with Gasteiger partial charge in [0.2, 0.25) is 5.91 Å². The first-order chi connectivity index (χ1) is 14.7. The Bertz CT molecular complexity index is 821. The third-order valence-corrected chi connectivity index (χ3v) is 6.04. The number of ether oxygens (including phenoxy) is 1. The van der Waals surface area contributed by atoms with Gasteiger partial charge < -0.3 is 15.0 Å². The van der Waals surface area contributed by atoms with Gasteiger partial charge in [-0.25, -0.2) is 0 Å². The zero-order valence-electron chi connectivity index (χ0n) is 17.8. The van der Waals surface area contributed by atoms with Crippen molar-refractivity contribution in [1.82, 2.24) is 15.1 Å². The van der Waals surface area contributed by atoms with E-state index >= 15 is 0 Å². The quantitative estimate of drug-likeness (QED) is 0.761. The molecule has 0 aromatic heterocycles. The minimum Gasteiger partial charge on any atom is -0.497 e. The van der Waals surface area contributed by atoms with Crippen LogP contribution in [0.25, 0.3) is 0 Å². The summed E-state index contributed by atoms with van der Waals surface area (Å²) in [4.78, 5) is 19.6. The van der Waals surface area contributed by atoms with Crippen LogP contribution in [0, 0.1) is 0 Å². The minimum absolute atomic E-state index is 0.149. The lowest BCUT2D eigenvalue weighted by Gasteiger charge is -2.36. The Kier molecular flexibility index (Phi) is 6.87. The second-order valence-corrected chi connectivity index (χ2v) is 8.24. The van der Waals surface area contributed by atoms with Gasteiger partial charge in [-0.05, 0) is 24.1 Å². The molecular formula is C24H32N4O2. The molecule has 30 heavy (non-hydrogen) atoms. The Morgan fingerprint density at radius 1 is 1.00 bits per heavy atom. The zero-order valence-corrected chi connectivity index (χ0v) is 17.8. The standard InChI is InChI=1S/C24H32N4O2/c1-30-23-9-5-8-22(16-23)28-14-12-26(13-15-28)19-24(29)25-21-10-11-27(18-21)17-20-6-3-2-4-7-20/h2-9,16,21H,10-15,17-19H2,1H3,(H,25,29)/t21-/m1/s1. The molecule has 2 aliphatic rings. The lowest BCUT2D eigenvalue weighted by Crippen LogP contribution is -2.50. The van der Waals surface area contributed by atoms with Crippen LogP contribution in [0.4, 0.5) is 5.69 Å². The number of anilines is 1. The predicted molar refractivity (Wildman–Crippen MR) is 120 cm³/mol. The molecule has 2 saturated heterocycles. The summed E-state index contributed by atoms with van der Waals surface area (Å²) in [6, 6.07) is 19.0. The van der Waals surface area contributed by atoms with Crippen LogP contribution in [0.2, 0.25) is 0 Å². The van der Waals surface area contributed by atoms with Gasteiger partial charge in [0.05, 0.1) is 13.7 Å². The summed E-state index contributed by atoms with van der Waals surface area (Å²) >= 11 is 0. The van der Waals surface area contributed by atoms with E-state index in [1.54, 1.807) is 7.11 Å². The highest BCUT2D eigenvalue weighted by molar-refractivity contribution is 5.78. The lowest BCUT2D eigenvalue weighted by molar-refractivity contribution is -0.122. The predicted octanol–water partition coefficient (Wildman–Crippen LogP) is 2.21. The van der Waals surface area contributed by atoms with Crippen LogP contribution in [0.5, 0.6) is 5.75 Å². The van der Waals surface area contributed by atoms with Crippen LogP contribution < -0.4 is 15.0 Å². The SMILES string of the molecule is COc1cccc(N2CCN(CC(=O)N[C@@H]3CCN(Cc4ccccc4)C3)CC2)c1. The van der Waals surface area contributed by atoms with Gasteiger partial charge in [0, 0.05) is 63.6 Å². The van der Waals surface area contributed by atoms with Crippen molar-refractivity contribution in [2.75, 3.05) is 57.8 Å². The number of methoxy groups -OCH3 is 1. The summed E-state index contributed by atoms with van der Waals surface area (Å²) in [6.07, 6.45) is 1.03. The fourth-order valence-corrected chi connectivity index (χ4v) is 4.38. The molecule has 6 heteroatoms. The third-order valence-electron chi connectivity index (χ3n) is 6.04. The summed E-state index contributed by atoms with van der Waals surface area (Å²) in [5, 5.41) is 3.25. The number of carbonyl (C=O) groups excluding carboxylic acids is 1. The number of carbonyl (C=O) groups is 1. The van der Waals surface area contributed by atoms with E-state index in [4.69, 9.17) is 4.74 Å². The molecule has 2 aliphatic heterocycles. The maximum Gasteiger partial charge on any atom is 0.234 e. The molecule has 2 heterocycles. The Morgan fingerprint density at radius 3 is 2.57 bits per heavy atom. The van der Waals surface area contributed by atoms with Crippen molar-refractivity contribution in [3.05, 3.63) is 60.2 Å². The molecule has 6 nitrogen and oxygen atoms in total. The molecule has 4 rings (SSSR count). The van der Waals surface area contributed by atoms with Crippen LogP contribution in [-0.2, 0) is 11.3 Å². The number of nitrogens with zero attached hydrogens (tertiary/aromatic N) is 3. The molecule has 0 spiro atoms. The van der Waals surface area contributed by atoms with E-state index in [2.05, 4.69) is 56.4 Å². The average Bonchev–Trinajstić information content (AvgIpc) is 3.21. The van der Waals surface area contributed by atoms with Crippen molar-refractivity contribution in [3.8, 4) is 5.75 Å². The number of hydrogen-bond donors (Lipinski definition) is 1. The number of rotatable bonds is 7. The second-order valence-electron chi connectivity index (χ2n) is 8.24. The van der Waals surface area contributed by atoms with Crippen LogP contribution in [0.3, 0.4) is 0 Å². The monoisotopic (exact) mass is 408 g/mol. The van der Waals surface area contributed by atoms with Gasteiger partial charge >= 0.3 is 0 Å². The molecule has 1 N–H and O–H groups in total. The first kappa shape index (κ1) is 20.7. The largest absolute Gasteiger partial charge is 0.497 e. The summed E-state index contributed by atoms with van der Waals surface area (Å²) in [7, 11) is 1.70. The molecule has 0 bridgehead atoms. The Hall–Kier alpha value is -2.57. The van der Waals surface area contributed by atoms with Crippen LogP contribution >= 0.6 is 0 Å². The highest BCUT2D eigenvalue weighted by atomic mass is 16.5. The van der Waals surface area contributed by atoms with Crippen LogP contribution in [0.1, 0.15) is 12.0 Å². The molecule has 1 amide bonds. The summed E-state index contributed by atoms with van der Waals surface area (Å²) in [6.45, 7) is 7.07. The maximum absolute atomic E-state index is 12.6. The molecule has 0 aliphatic carbocycles. The van der Waals surface area contributed by atoms with Crippen molar-refractivity contribution < 1.29 is 9.53 Å². The van der Waals surface area contributed by atoms with Crippen LogP contribution in [-0.4, -0.2) is 74.7 Å². The second kappa shape index (κ2) is 9.96. The van der Waals surface area contributed by atoms with E-state index in [1.807, 2.05) is 18.2 Å². The molecule has 0 unspecified atom stereocenters. The first-order valence-electron chi connectivity index (χ1n) is 10.9. The van der Waals surface area contributed by atoms with Crippen LogP contribution in [0.15, 0.2) is 54.6 Å². The minimum atomic E-state index is 0.149. The number of amides is 1. The smallest absolute Gasteiger partial charge is 0.234 e. The fraction of sp³-hybridized carbons (Fsp3) is 0.458. The number of nitrogens with one attached hydrogen (secondary N) is 1. The molecule has 2 aromatic rings. The van der Waals surface area contributed by atoms with Gasteiger partial charge in [0.15, 0.2) is 0 Å². The summed E-state index contributed by atoms with van der Waals surface area (Å²) in [5.74, 6) is 1.03. The normalized spacial score (nSPS) is 20.3. The highest BCUT2D eigenvalue weighted by Crippen LogP contribution is 2.22. The van der Waals surface area contributed by atoms with Gasteiger partial charge in [-0.3, -0.25) is 14.6 Å².